The summed E-state index contributed by atoms with van der Waals surface area (Å²) in [6, 6.07) is 8.18. The van der Waals surface area contributed by atoms with Crippen LogP contribution in [-0.2, 0) is 10.2 Å². The molecule has 1 unspecified atom stereocenters. The van der Waals surface area contributed by atoms with Crippen LogP contribution in [0.25, 0.3) is 0 Å². The van der Waals surface area contributed by atoms with Gasteiger partial charge in [-0.2, -0.15) is 0 Å². The average molecular weight is 290 g/mol. The number of likely N-dealkylation sites (N-methyl/N-ethyl adjacent to an activating group) is 1. The Balaban J connectivity index is 2.23. The fourth-order valence-electron chi connectivity index (χ4n) is 3.07. The van der Waals surface area contributed by atoms with Gasteiger partial charge in [0.1, 0.15) is 5.75 Å². The third-order valence-electron chi connectivity index (χ3n) is 4.43. The molecule has 4 heteroatoms. The molecule has 1 N–H and O–H groups in total. The number of para-hydroxylation sites is 1. The van der Waals surface area contributed by atoms with E-state index in [1.807, 2.05) is 50.1 Å². The van der Waals surface area contributed by atoms with Crippen LogP contribution >= 0.6 is 0 Å². The van der Waals surface area contributed by atoms with Crippen LogP contribution in [0.5, 0.6) is 5.75 Å². The van der Waals surface area contributed by atoms with Crippen molar-refractivity contribution < 1.29 is 9.53 Å². The quantitative estimate of drug-likeness (QED) is 0.924. The molecule has 116 valence electrons. The number of rotatable bonds is 4. The Hall–Kier alpha value is -1.55. The van der Waals surface area contributed by atoms with Crippen molar-refractivity contribution in [2.75, 3.05) is 27.2 Å². The van der Waals surface area contributed by atoms with Gasteiger partial charge in [-0.15, -0.1) is 0 Å². The van der Waals surface area contributed by atoms with E-state index >= 15 is 0 Å². The number of nitrogens with zero attached hydrogens (tertiary/aromatic N) is 1. The topological polar surface area (TPSA) is 41.6 Å². The maximum absolute atomic E-state index is 13.0. The van der Waals surface area contributed by atoms with Crippen LogP contribution < -0.4 is 10.1 Å². The number of benzene rings is 1. The highest BCUT2D eigenvalue weighted by Gasteiger charge is 2.37. The fraction of sp³-hybridized carbons (Fsp3) is 0.588. The minimum atomic E-state index is -0.581. The lowest BCUT2D eigenvalue weighted by Gasteiger charge is -2.38. The molecule has 4 nitrogen and oxygen atoms in total. The summed E-state index contributed by atoms with van der Waals surface area (Å²) in [6.45, 7) is 5.59. The van der Waals surface area contributed by atoms with Crippen molar-refractivity contribution >= 4 is 5.91 Å². The molecule has 1 aromatic carbocycles. The van der Waals surface area contributed by atoms with Gasteiger partial charge >= 0.3 is 0 Å². The Kier molecular flexibility index (Phi) is 4.88. The van der Waals surface area contributed by atoms with E-state index in [0.717, 1.165) is 37.2 Å². The first-order valence-corrected chi connectivity index (χ1v) is 7.61. The van der Waals surface area contributed by atoms with Crippen molar-refractivity contribution in [2.24, 2.45) is 0 Å². The van der Waals surface area contributed by atoms with Crippen molar-refractivity contribution in [3.8, 4) is 5.75 Å². The molecule has 0 saturated carbocycles. The predicted octanol–water partition coefficient (Wildman–Crippen LogP) is 2.18. The van der Waals surface area contributed by atoms with Crippen molar-refractivity contribution in [2.45, 2.75) is 38.1 Å². The molecule has 1 heterocycles. The van der Waals surface area contributed by atoms with Gasteiger partial charge in [0.15, 0.2) is 0 Å². The monoisotopic (exact) mass is 290 g/mol. The summed E-state index contributed by atoms with van der Waals surface area (Å²) in [7, 11) is 3.61. The second-order valence-electron chi connectivity index (χ2n) is 6.20. The van der Waals surface area contributed by atoms with Crippen molar-refractivity contribution in [3.05, 3.63) is 29.8 Å². The molecule has 1 atom stereocenters. The molecule has 1 fully saturated rings. The highest BCUT2D eigenvalue weighted by molar-refractivity contribution is 5.88. The molecule has 0 spiro atoms. The number of carbonyl (C=O) groups is 1. The summed E-state index contributed by atoms with van der Waals surface area (Å²) in [6.07, 6.45) is 2.19. The zero-order valence-electron chi connectivity index (χ0n) is 13.5. The second-order valence-corrected chi connectivity index (χ2v) is 6.20. The molecule has 0 aliphatic carbocycles. The Morgan fingerprint density at radius 1 is 1.38 bits per heavy atom. The van der Waals surface area contributed by atoms with Crippen molar-refractivity contribution in [1.82, 2.24) is 10.2 Å². The number of carbonyl (C=O) groups excluding carboxylic acids is 1. The van der Waals surface area contributed by atoms with E-state index < -0.39 is 5.41 Å². The molecule has 0 aromatic heterocycles. The molecule has 2 rings (SSSR count). The largest absolute Gasteiger partial charge is 0.496 e. The maximum atomic E-state index is 13.0. The lowest BCUT2D eigenvalue weighted by molar-refractivity contribution is -0.137. The molecule has 0 radical (unpaired) electrons. The summed E-state index contributed by atoms with van der Waals surface area (Å²) in [5.74, 6) is 0.949. The predicted molar refractivity (Wildman–Crippen MR) is 84.7 cm³/mol. The van der Waals surface area contributed by atoms with E-state index in [2.05, 4.69) is 5.32 Å². The van der Waals surface area contributed by atoms with E-state index in [0.29, 0.717) is 6.04 Å². The van der Waals surface area contributed by atoms with Crippen LogP contribution in [0.4, 0.5) is 0 Å². The van der Waals surface area contributed by atoms with Crippen LogP contribution in [0.2, 0.25) is 0 Å². The number of methoxy groups -OCH3 is 1. The van der Waals surface area contributed by atoms with Crippen molar-refractivity contribution in [1.29, 1.82) is 0 Å². The lowest BCUT2D eigenvalue weighted by Crippen LogP contribution is -2.52. The highest BCUT2D eigenvalue weighted by Crippen LogP contribution is 2.33. The highest BCUT2D eigenvalue weighted by atomic mass is 16.5. The summed E-state index contributed by atoms with van der Waals surface area (Å²) < 4.78 is 5.43. The average Bonchev–Trinajstić information content (AvgIpc) is 2.54. The molecule has 1 amide bonds. The third-order valence-corrected chi connectivity index (χ3v) is 4.43. The standard InChI is InChI=1S/C17H26N2O2/c1-17(2,14-9-5-6-10-15(14)21-4)16(20)19-11-7-8-13(12-19)18-3/h5-6,9-10,13,18H,7-8,11-12H2,1-4H3. The Labute approximate surface area is 127 Å². The van der Waals surface area contributed by atoms with E-state index in [-0.39, 0.29) is 5.91 Å². The van der Waals surface area contributed by atoms with Crippen LogP contribution in [0.15, 0.2) is 24.3 Å². The Morgan fingerprint density at radius 2 is 2.10 bits per heavy atom. The third kappa shape index (κ3) is 3.21. The van der Waals surface area contributed by atoms with Crippen LogP contribution in [0, 0.1) is 0 Å². The van der Waals surface area contributed by atoms with Gasteiger partial charge in [-0.1, -0.05) is 18.2 Å². The molecular weight excluding hydrogens is 264 g/mol. The molecule has 1 saturated heterocycles. The molecule has 1 aliphatic heterocycles. The maximum Gasteiger partial charge on any atom is 0.232 e. The van der Waals surface area contributed by atoms with Crippen LogP contribution in [-0.4, -0.2) is 44.1 Å². The van der Waals surface area contributed by atoms with Crippen molar-refractivity contribution in [3.63, 3.8) is 0 Å². The van der Waals surface area contributed by atoms with Gasteiger partial charge in [0.2, 0.25) is 5.91 Å². The number of amides is 1. The van der Waals surface area contributed by atoms with Gasteiger partial charge in [0.05, 0.1) is 12.5 Å². The Bertz CT molecular complexity index is 499. The molecule has 0 bridgehead atoms. The first-order valence-electron chi connectivity index (χ1n) is 7.61. The normalized spacial score (nSPS) is 19.4. The number of piperidine rings is 1. The molecular formula is C17H26N2O2. The summed E-state index contributed by atoms with van der Waals surface area (Å²) in [4.78, 5) is 15.0. The number of likely N-dealkylation sites (tertiary alicyclic amines) is 1. The van der Waals surface area contributed by atoms with Crippen LogP contribution in [0.1, 0.15) is 32.3 Å². The first kappa shape index (κ1) is 15.8. The zero-order chi connectivity index (χ0) is 15.5. The van der Waals surface area contributed by atoms with E-state index in [1.165, 1.54) is 0 Å². The summed E-state index contributed by atoms with van der Waals surface area (Å²) in [5, 5.41) is 3.28. The number of hydrogen-bond acceptors (Lipinski definition) is 3. The van der Waals surface area contributed by atoms with Gasteiger partial charge in [-0.3, -0.25) is 4.79 Å². The first-order chi connectivity index (χ1) is 10.0. The fourth-order valence-corrected chi connectivity index (χ4v) is 3.07. The van der Waals surface area contributed by atoms with Gasteiger partial charge in [0.25, 0.3) is 0 Å². The SMILES string of the molecule is CNC1CCCN(C(=O)C(C)(C)c2ccccc2OC)C1. The minimum Gasteiger partial charge on any atom is -0.496 e. The lowest BCUT2D eigenvalue weighted by atomic mass is 9.82. The zero-order valence-corrected chi connectivity index (χ0v) is 13.5. The van der Waals surface area contributed by atoms with E-state index in [9.17, 15) is 4.79 Å². The van der Waals surface area contributed by atoms with Gasteiger partial charge in [-0.25, -0.2) is 0 Å². The molecule has 21 heavy (non-hydrogen) atoms. The number of hydrogen-bond donors (Lipinski definition) is 1. The van der Waals surface area contributed by atoms with E-state index in [4.69, 9.17) is 4.74 Å². The van der Waals surface area contributed by atoms with Crippen LogP contribution in [0.3, 0.4) is 0 Å². The van der Waals surface area contributed by atoms with Gasteiger partial charge in [-0.05, 0) is 39.8 Å². The number of ether oxygens (including phenoxy) is 1. The summed E-state index contributed by atoms with van der Waals surface area (Å²) in [5.41, 5.74) is 0.367. The van der Waals surface area contributed by atoms with E-state index in [1.54, 1.807) is 7.11 Å². The minimum absolute atomic E-state index is 0.173. The smallest absolute Gasteiger partial charge is 0.232 e. The summed E-state index contributed by atoms with van der Waals surface area (Å²) >= 11 is 0. The van der Waals surface area contributed by atoms with Gasteiger partial charge < -0.3 is 15.0 Å². The number of nitrogens with one attached hydrogen (secondary N) is 1. The van der Waals surface area contributed by atoms with Gasteiger partial charge in [0, 0.05) is 24.7 Å². The second kappa shape index (κ2) is 6.48. The molecule has 1 aliphatic rings. The Morgan fingerprint density at radius 3 is 2.76 bits per heavy atom. The molecule has 1 aromatic rings.